The number of hydrogen-bond donors (Lipinski definition) is 4. The first-order valence-corrected chi connectivity index (χ1v) is 24.4. The molecule has 1 amide bonds. The maximum absolute atomic E-state index is 12.6. The third kappa shape index (κ3) is 38.8. The Labute approximate surface area is 334 Å². The summed E-state index contributed by atoms with van der Waals surface area (Å²) in [6.45, 7) is 4.52. The molecule has 7 nitrogen and oxygen atoms in total. The van der Waals surface area contributed by atoms with Crippen molar-refractivity contribution in [3.63, 3.8) is 0 Å². The van der Waals surface area contributed by atoms with Crippen LogP contribution in [0.3, 0.4) is 0 Å². The number of carbonyl (C=O) groups excluding carboxylic acids is 1. The molecule has 0 aromatic carbocycles. The van der Waals surface area contributed by atoms with Crippen LogP contribution in [0.25, 0.3) is 0 Å². The molecule has 3 atom stereocenters. The number of rotatable bonds is 41. The van der Waals surface area contributed by atoms with Crippen molar-refractivity contribution < 1.29 is 28.0 Å². The lowest BCUT2D eigenvalue weighted by atomic mass is 10.0. The third-order valence-electron chi connectivity index (χ3n) is 10.4. The van der Waals surface area contributed by atoms with Crippen molar-refractivity contribution in [1.82, 2.24) is 5.32 Å². The SMILES string of the molecule is CCCCCCCC/C=C\CCCCCCCCC(O)C(=O)NC(CS(=O)(=O)O)C(O)/C=C/CC/C=C/CCCCCCCCCCCCCCCCC. The van der Waals surface area contributed by atoms with Crippen molar-refractivity contribution in [3.05, 3.63) is 36.5 Å². The number of hydrogen-bond acceptors (Lipinski definition) is 5. The van der Waals surface area contributed by atoms with Gasteiger partial charge in [-0.2, -0.15) is 8.42 Å². The molecule has 3 unspecified atom stereocenters. The first kappa shape index (κ1) is 52.5. The molecule has 0 heterocycles. The maximum atomic E-state index is 12.6. The van der Waals surface area contributed by atoms with E-state index in [9.17, 15) is 28.0 Å². The highest BCUT2D eigenvalue weighted by Crippen LogP contribution is 2.15. The summed E-state index contributed by atoms with van der Waals surface area (Å²) >= 11 is 0. The smallest absolute Gasteiger partial charge is 0.267 e. The van der Waals surface area contributed by atoms with Crippen LogP contribution in [0, 0.1) is 0 Å². The first-order valence-electron chi connectivity index (χ1n) is 22.8. The molecule has 0 aromatic heterocycles. The Morgan fingerprint density at radius 3 is 1.22 bits per heavy atom. The highest BCUT2D eigenvalue weighted by Gasteiger charge is 2.27. The fraction of sp³-hybridized carbons (Fsp3) is 0.848. The van der Waals surface area contributed by atoms with Crippen LogP contribution in [0.5, 0.6) is 0 Å². The fourth-order valence-electron chi connectivity index (χ4n) is 6.88. The van der Waals surface area contributed by atoms with Gasteiger partial charge in [-0.3, -0.25) is 9.35 Å². The third-order valence-corrected chi connectivity index (χ3v) is 11.2. The van der Waals surface area contributed by atoms with Crippen molar-refractivity contribution in [1.29, 1.82) is 0 Å². The predicted octanol–water partition coefficient (Wildman–Crippen LogP) is 12.7. The zero-order chi connectivity index (χ0) is 39.8. The van der Waals surface area contributed by atoms with Crippen molar-refractivity contribution in [2.45, 2.75) is 244 Å². The molecule has 0 aliphatic heterocycles. The van der Waals surface area contributed by atoms with E-state index in [1.807, 2.05) is 0 Å². The van der Waals surface area contributed by atoms with E-state index in [4.69, 9.17) is 0 Å². The van der Waals surface area contributed by atoms with Gasteiger partial charge >= 0.3 is 0 Å². The van der Waals surface area contributed by atoms with Gasteiger partial charge in [0.2, 0.25) is 5.91 Å². The molecule has 0 bridgehead atoms. The molecule has 0 aromatic rings. The van der Waals surface area contributed by atoms with Gasteiger partial charge in [0.25, 0.3) is 10.1 Å². The van der Waals surface area contributed by atoms with Crippen LogP contribution < -0.4 is 5.32 Å². The van der Waals surface area contributed by atoms with E-state index >= 15 is 0 Å². The summed E-state index contributed by atoms with van der Waals surface area (Å²) in [6, 6.07) is -1.25. The molecule has 0 spiro atoms. The monoisotopic (exact) mass is 782 g/mol. The molecular formula is C46H87NO6S. The highest BCUT2D eigenvalue weighted by molar-refractivity contribution is 7.85. The van der Waals surface area contributed by atoms with E-state index < -0.39 is 40.0 Å². The minimum absolute atomic E-state index is 0.267. The molecular weight excluding hydrogens is 695 g/mol. The van der Waals surface area contributed by atoms with Gasteiger partial charge in [0.15, 0.2) is 0 Å². The van der Waals surface area contributed by atoms with Crippen molar-refractivity contribution in [3.8, 4) is 0 Å². The fourth-order valence-corrected chi connectivity index (χ4v) is 7.61. The van der Waals surface area contributed by atoms with Crippen LogP contribution in [0.15, 0.2) is 36.5 Å². The van der Waals surface area contributed by atoms with Gasteiger partial charge in [0.1, 0.15) is 6.10 Å². The van der Waals surface area contributed by atoms with Gasteiger partial charge in [0, 0.05) is 0 Å². The molecule has 0 rings (SSSR count). The average molecular weight is 782 g/mol. The topological polar surface area (TPSA) is 124 Å². The van der Waals surface area contributed by atoms with Gasteiger partial charge in [-0.25, -0.2) is 0 Å². The molecule has 0 fully saturated rings. The number of unbranched alkanes of at least 4 members (excludes halogenated alkanes) is 28. The molecule has 8 heteroatoms. The number of aliphatic hydroxyl groups is 2. The van der Waals surface area contributed by atoms with Crippen LogP contribution in [-0.2, 0) is 14.9 Å². The number of allylic oxidation sites excluding steroid dienone is 5. The molecule has 0 radical (unpaired) electrons. The van der Waals surface area contributed by atoms with E-state index in [1.165, 1.54) is 160 Å². The Hall–Kier alpha value is -1.48. The second-order valence-electron chi connectivity index (χ2n) is 15.8. The van der Waals surface area contributed by atoms with Crippen LogP contribution in [-0.4, -0.2) is 53.1 Å². The lowest BCUT2D eigenvalue weighted by Gasteiger charge is -2.22. The summed E-state index contributed by atoms with van der Waals surface area (Å²) in [7, 11) is -4.46. The second kappa shape index (κ2) is 39.7. The van der Waals surface area contributed by atoms with Crippen molar-refractivity contribution in [2.24, 2.45) is 0 Å². The summed E-state index contributed by atoms with van der Waals surface area (Å²) in [4.78, 5) is 12.6. The van der Waals surface area contributed by atoms with Crippen LogP contribution in [0.2, 0.25) is 0 Å². The van der Waals surface area contributed by atoms with E-state index in [1.54, 1.807) is 6.08 Å². The quantitative estimate of drug-likeness (QED) is 0.0278. The first-order chi connectivity index (χ1) is 26.2. The van der Waals surface area contributed by atoms with Gasteiger partial charge < -0.3 is 15.5 Å². The van der Waals surface area contributed by atoms with E-state index in [0.717, 1.165) is 38.5 Å². The predicted molar refractivity (Wildman–Crippen MR) is 231 cm³/mol. The minimum atomic E-state index is -4.46. The van der Waals surface area contributed by atoms with Gasteiger partial charge in [0.05, 0.1) is 17.9 Å². The number of nitrogens with one attached hydrogen (secondary N) is 1. The zero-order valence-electron chi connectivity index (χ0n) is 35.2. The summed E-state index contributed by atoms with van der Waals surface area (Å²) in [5.41, 5.74) is 0. The summed E-state index contributed by atoms with van der Waals surface area (Å²) in [5, 5.41) is 23.4. The normalized spacial score (nSPS) is 14.1. The van der Waals surface area contributed by atoms with E-state index in [-0.39, 0.29) is 6.42 Å². The van der Waals surface area contributed by atoms with Crippen LogP contribution in [0.4, 0.5) is 0 Å². The lowest BCUT2D eigenvalue weighted by Crippen LogP contribution is -2.50. The van der Waals surface area contributed by atoms with Crippen molar-refractivity contribution >= 4 is 16.0 Å². The van der Waals surface area contributed by atoms with Crippen LogP contribution >= 0.6 is 0 Å². The summed E-state index contributed by atoms with van der Waals surface area (Å²) < 4.78 is 32.6. The second-order valence-corrected chi connectivity index (χ2v) is 17.3. The molecule has 318 valence electrons. The molecule has 0 saturated heterocycles. The zero-order valence-corrected chi connectivity index (χ0v) is 36.0. The molecule has 54 heavy (non-hydrogen) atoms. The average Bonchev–Trinajstić information content (AvgIpc) is 3.14. The van der Waals surface area contributed by atoms with Crippen molar-refractivity contribution in [2.75, 3.05) is 5.75 Å². The Morgan fingerprint density at radius 2 is 0.833 bits per heavy atom. The van der Waals surface area contributed by atoms with Gasteiger partial charge in [-0.15, -0.1) is 0 Å². The molecule has 0 aliphatic rings. The van der Waals surface area contributed by atoms with Gasteiger partial charge in [-0.1, -0.05) is 204 Å². The summed E-state index contributed by atoms with van der Waals surface area (Å²) in [5.74, 6) is -1.56. The minimum Gasteiger partial charge on any atom is -0.387 e. The highest BCUT2D eigenvalue weighted by atomic mass is 32.2. The maximum Gasteiger partial charge on any atom is 0.267 e. The molecule has 0 saturated carbocycles. The Kier molecular flexibility index (Phi) is 38.7. The van der Waals surface area contributed by atoms with E-state index in [2.05, 4.69) is 43.5 Å². The molecule has 4 N–H and O–H groups in total. The van der Waals surface area contributed by atoms with Crippen LogP contribution in [0.1, 0.15) is 226 Å². The Bertz CT molecular complexity index is 1010. The van der Waals surface area contributed by atoms with E-state index in [0.29, 0.717) is 12.8 Å². The Balaban J connectivity index is 4.02. The van der Waals surface area contributed by atoms with Gasteiger partial charge in [-0.05, 0) is 57.8 Å². The molecule has 0 aliphatic carbocycles. The number of carbonyl (C=O) groups is 1. The standard InChI is InChI=1S/C46H87NO6S/c1-3-5-7-9-11-13-15-17-19-21-22-23-24-25-27-28-30-32-34-36-38-40-44(48)43(42-54(51,52)53)47-46(50)45(49)41-39-37-35-33-31-29-26-20-18-16-14-12-10-8-6-4-2/h18,20,30,32,38,40,43-45,48-49H,3-17,19,21-29,31,33-37,39,41-42H2,1-2H3,(H,47,50)(H,51,52,53)/b20-18-,32-30+,40-38+. The number of amides is 1. The Morgan fingerprint density at radius 1 is 0.500 bits per heavy atom. The summed E-state index contributed by atoms with van der Waals surface area (Å²) in [6.07, 6.45) is 49.2. The number of aliphatic hydroxyl groups excluding tert-OH is 2. The largest absolute Gasteiger partial charge is 0.387 e. The lowest BCUT2D eigenvalue weighted by molar-refractivity contribution is -0.130.